The van der Waals surface area contributed by atoms with Gasteiger partial charge in [-0.1, -0.05) is 34.8 Å². The standard InChI is InChI=1S/C18H19Cl3N4O/c1-24-4-6-25(7-5-24)17-10-16(14(21)9-15(17)22)23-18(26)12-8-11(19)2-3-13(12)20/h2-3,8-10H,4-7,22H2,1H3,(H,23,26). The number of anilines is 3. The highest BCUT2D eigenvalue weighted by atomic mass is 35.5. The van der Waals surface area contributed by atoms with E-state index in [1.807, 2.05) is 0 Å². The van der Waals surface area contributed by atoms with Gasteiger partial charge in [0.15, 0.2) is 0 Å². The van der Waals surface area contributed by atoms with Crippen molar-refractivity contribution in [1.29, 1.82) is 0 Å². The van der Waals surface area contributed by atoms with Gasteiger partial charge in [0, 0.05) is 31.2 Å². The normalized spacial score (nSPS) is 15.2. The number of carbonyl (C=O) groups excluding carboxylic acids is 1. The third kappa shape index (κ3) is 4.18. The summed E-state index contributed by atoms with van der Waals surface area (Å²) in [5.41, 5.74) is 8.36. The van der Waals surface area contributed by atoms with Crippen molar-refractivity contribution >= 4 is 57.8 Å². The van der Waals surface area contributed by atoms with Crippen molar-refractivity contribution in [2.75, 3.05) is 49.2 Å². The Morgan fingerprint density at radius 1 is 1.04 bits per heavy atom. The molecule has 3 N–H and O–H groups in total. The summed E-state index contributed by atoms with van der Waals surface area (Å²) in [6.45, 7) is 3.61. The van der Waals surface area contributed by atoms with Crippen molar-refractivity contribution in [1.82, 2.24) is 4.90 Å². The SMILES string of the molecule is CN1CCN(c2cc(NC(=O)c3cc(Cl)ccc3Cl)c(Cl)cc2N)CC1. The number of nitrogens with two attached hydrogens (primary N) is 1. The molecule has 0 aromatic heterocycles. The van der Waals surface area contributed by atoms with Gasteiger partial charge in [0.25, 0.3) is 5.91 Å². The number of hydrogen-bond acceptors (Lipinski definition) is 4. The van der Waals surface area contributed by atoms with E-state index in [4.69, 9.17) is 40.5 Å². The zero-order valence-electron chi connectivity index (χ0n) is 14.2. The van der Waals surface area contributed by atoms with E-state index in [0.29, 0.717) is 26.4 Å². The molecular weight excluding hydrogens is 395 g/mol. The first-order valence-corrected chi connectivity index (χ1v) is 9.27. The van der Waals surface area contributed by atoms with Crippen LogP contribution in [0.15, 0.2) is 30.3 Å². The number of rotatable bonds is 3. The zero-order chi connectivity index (χ0) is 18.8. The molecule has 0 bridgehead atoms. The second-order valence-corrected chi connectivity index (χ2v) is 7.51. The molecule has 5 nitrogen and oxygen atoms in total. The third-order valence-electron chi connectivity index (χ3n) is 4.38. The molecule has 0 spiro atoms. The molecule has 1 amide bonds. The second kappa shape index (κ2) is 7.92. The maximum Gasteiger partial charge on any atom is 0.257 e. The number of likely N-dealkylation sites (N-methyl/N-ethyl adjacent to an activating group) is 1. The molecule has 3 rings (SSSR count). The Morgan fingerprint density at radius 2 is 1.73 bits per heavy atom. The fraction of sp³-hybridized carbons (Fsp3) is 0.278. The number of piperazine rings is 1. The van der Waals surface area contributed by atoms with Crippen LogP contribution in [-0.2, 0) is 0 Å². The van der Waals surface area contributed by atoms with E-state index in [1.165, 1.54) is 6.07 Å². The number of nitrogen functional groups attached to an aromatic ring is 1. The summed E-state index contributed by atoms with van der Waals surface area (Å²) in [4.78, 5) is 17.0. The lowest BCUT2D eigenvalue weighted by atomic mass is 10.1. The van der Waals surface area contributed by atoms with Gasteiger partial charge in [0.1, 0.15) is 0 Å². The molecule has 1 aliphatic heterocycles. The molecule has 8 heteroatoms. The topological polar surface area (TPSA) is 61.6 Å². The first-order valence-electron chi connectivity index (χ1n) is 8.14. The molecule has 0 aliphatic carbocycles. The Morgan fingerprint density at radius 3 is 2.42 bits per heavy atom. The lowest BCUT2D eigenvalue weighted by molar-refractivity contribution is 0.102. The smallest absolute Gasteiger partial charge is 0.257 e. The maximum atomic E-state index is 12.6. The van der Waals surface area contributed by atoms with Gasteiger partial charge < -0.3 is 20.9 Å². The molecule has 2 aromatic carbocycles. The number of halogens is 3. The van der Waals surface area contributed by atoms with Gasteiger partial charge in [-0.2, -0.15) is 0 Å². The average Bonchev–Trinajstić information content (AvgIpc) is 2.60. The van der Waals surface area contributed by atoms with Crippen LogP contribution in [0.5, 0.6) is 0 Å². The van der Waals surface area contributed by atoms with Crippen molar-refractivity contribution in [3.63, 3.8) is 0 Å². The monoisotopic (exact) mass is 412 g/mol. The Hall–Kier alpha value is -1.66. The molecule has 138 valence electrons. The molecule has 0 atom stereocenters. The minimum absolute atomic E-state index is 0.285. The molecule has 2 aromatic rings. The van der Waals surface area contributed by atoms with E-state index >= 15 is 0 Å². The summed E-state index contributed by atoms with van der Waals surface area (Å²) in [7, 11) is 2.09. The fourth-order valence-corrected chi connectivity index (χ4v) is 3.45. The van der Waals surface area contributed by atoms with Crippen LogP contribution < -0.4 is 16.0 Å². The molecule has 0 radical (unpaired) electrons. The number of carbonyl (C=O) groups is 1. The highest BCUT2D eigenvalue weighted by molar-refractivity contribution is 6.37. The largest absolute Gasteiger partial charge is 0.397 e. The minimum atomic E-state index is -0.381. The van der Waals surface area contributed by atoms with E-state index in [0.717, 1.165) is 31.9 Å². The molecule has 1 fully saturated rings. The van der Waals surface area contributed by atoms with Gasteiger partial charge in [-0.15, -0.1) is 0 Å². The van der Waals surface area contributed by atoms with E-state index in [-0.39, 0.29) is 11.5 Å². The second-order valence-electron chi connectivity index (χ2n) is 6.26. The van der Waals surface area contributed by atoms with Crippen molar-refractivity contribution in [3.05, 3.63) is 51.0 Å². The van der Waals surface area contributed by atoms with Gasteiger partial charge in [0.05, 0.1) is 32.7 Å². The Kier molecular flexibility index (Phi) is 5.82. The van der Waals surface area contributed by atoms with Crippen molar-refractivity contribution in [3.8, 4) is 0 Å². The summed E-state index contributed by atoms with van der Waals surface area (Å²) in [6.07, 6.45) is 0. The van der Waals surface area contributed by atoms with Gasteiger partial charge in [-0.3, -0.25) is 4.79 Å². The first-order chi connectivity index (χ1) is 12.3. The van der Waals surface area contributed by atoms with Crippen molar-refractivity contribution < 1.29 is 4.79 Å². The predicted molar refractivity (Wildman–Crippen MR) is 110 cm³/mol. The van der Waals surface area contributed by atoms with E-state index in [1.54, 1.807) is 24.3 Å². The lowest BCUT2D eigenvalue weighted by Gasteiger charge is -2.35. The number of nitrogens with one attached hydrogen (secondary N) is 1. The van der Waals surface area contributed by atoms with Crippen LogP contribution in [0.3, 0.4) is 0 Å². The van der Waals surface area contributed by atoms with Gasteiger partial charge in [-0.25, -0.2) is 0 Å². The molecule has 1 saturated heterocycles. The molecule has 0 saturated carbocycles. The molecule has 0 unspecified atom stereocenters. The zero-order valence-corrected chi connectivity index (χ0v) is 16.5. The highest BCUT2D eigenvalue weighted by Crippen LogP contribution is 2.34. The third-order valence-corrected chi connectivity index (χ3v) is 5.26. The number of hydrogen-bond donors (Lipinski definition) is 2. The van der Waals surface area contributed by atoms with Crippen molar-refractivity contribution in [2.45, 2.75) is 0 Å². The molecular formula is C18H19Cl3N4O. The number of amides is 1. The Labute approximate surface area is 167 Å². The van der Waals surface area contributed by atoms with Crippen LogP contribution in [0.25, 0.3) is 0 Å². The summed E-state index contributed by atoms with van der Waals surface area (Å²) >= 11 is 18.4. The van der Waals surface area contributed by atoms with Crippen LogP contribution in [0.4, 0.5) is 17.1 Å². The van der Waals surface area contributed by atoms with Crippen LogP contribution in [0.2, 0.25) is 15.1 Å². The Bertz CT molecular complexity index is 835. The molecule has 1 heterocycles. The number of nitrogens with zero attached hydrogens (tertiary/aromatic N) is 2. The van der Waals surface area contributed by atoms with Crippen LogP contribution in [0.1, 0.15) is 10.4 Å². The first kappa shape index (κ1) is 19.1. The highest BCUT2D eigenvalue weighted by Gasteiger charge is 2.19. The summed E-state index contributed by atoms with van der Waals surface area (Å²) < 4.78 is 0. The van der Waals surface area contributed by atoms with Crippen LogP contribution in [-0.4, -0.2) is 44.0 Å². The van der Waals surface area contributed by atoms with Crippen LogP contribution >= 0.6 is 34.8 Å². The molecule has 1 aliphatic rings. The van der Waals surface area contributed by atoms with Crippen molar-refractivity contribution in [2.24, 2.45) is 0 Å². The van der Waals surface area contributed by atoms with Gasteiger partial charge in [0.2, 0.25) is 0 Å². The quantitative estimate of drug-likeness (QED) is 0.739. The van der Waals surface area contributed by atoms with Crippen LogP contribution in [0, 0.1) is 0 Å². The van der Waals surface area contributed by atoms with Gasteiger partial charge >= 0.3 is 0 Å². The summed E-state index contributed by atoms with van der Waals surface area (Å²) in [5, 5.41) is 3.92. The van der Waals surface area contributed by atoms with E-state index < -0.39 is 0 Å². The fourth-order valence-electron chi connectivity index (χ4n) is 2.86. The average molecular weight is 414 g/mol. The number of benzene rings is 2. The summed E-state index contributed by atoms with van der Waals surface area (Å²) in [5.74, 6) is -0.381. The van der Waals surface area contributed by atoms with Gasteiger partial charge in [-0.05, 0) is 37.4 Å². The Balaban J connectivity index is 1.87. The summed E-state index contributed by atoms with van der Waals surface area (Å²) in [6, 6.07) is 8.19. The predicted octanol–water partition coefficient (Wildman–Crippen LogP) is 4.23. The molecule has 26 heavy (non-hydrogen) atoms. The lowest BCUT2D eigenvalue weighted by Crippen LogP contribution is -2.44. The minimum Gasteiger partial charge on any atom is -0.397 e. The van der Waals surface area contributed by atoms with E-state index in [2.05, 4.69) is 22.2 Å². The van der Waals surface area contributed by atoms with E-state index in [9.17, 15) is 4.79 Å². The maximum absolute atomic E-state index is 12.6.